The first-order chi connectivity index (χ1) is 25.9. The summed E-state index contributed by atoms with van der Waals surface area (Å²) < 4.78 is 40.1. The maximum Gasteiger partial charge on any atom is 0.297 e. The lowest BCUT2D eigenvalue weighted by Crippen LogP contribution is -2.54. The first-order valence-corrected chi connectivity index (χ1v) is 20.7. The number of sulfone groups is 1. The van der Waals surface area contributed by atoms with Gasteiger partial charge >= 0.3 is 0 Å². The summed E-state index contributed by atoms with van der Waals surface area (Å²) in [6, 6.07) is 16.5. The van der Waals surface area contributed by atoms with Crippen molar-refractivity contribution in [3.05, 3.63) is 88.0 Å². The monoisotopic (exact) mass is 755 g/mol. The third-order valence-corrected chi connectivity index (χ3v) is 14.5. The summed E-state index contributed by atoms with van der Waals surface area (Å²) in [5.41, 5.74) is 9.97. The summed E-state index contributed by atoms with van der Waals surface area (Å²) in [6.45, 7) is 10.4. The van der Waals surface area contributed by atoms with E-state index in [2.05, 4.69) is 52.9 Å². The normalized spacial score (nSPS) is 23.2. The SMILES string of the molecule is C=C(C)c1ccccc1[C@@H]1CCCN1C1CC2(CCN(c3ccc(C(N)=O)c(S(=O)(=O)c4cc5c(c([N+](=O)[O-])c4)N[C@@H](C4CCOCC4)CO5)c3)CC2)C1. The Morgan fingerprint density at radius 1 is 1.02 bits per heavy atom. The quantitative estimate of drug-likeness (QED) is 0.177. The number of piperidine rings is 1. The van der Waals surface area contributed by atoms with Crippen molar-refractivity contribution in [1.29, 1.82) is 0 Å². The molecule has 0 unspecified atom stereocenters. The van der Waals surface area contributed by atoms with Gasteiger partial charge in [0.2, 0.25) is 15.7 Å². The molecule has 0 aromatic heterocycles. The van der Waals surface area contributed by atoms with Crippen molar-refractivity contribution in [2.45, 2.75) is 86.2 Å². The van der Waals surface area contributed by atoms with Crippen LogP contribution in [0.3, 0.4) is 0 Å². The average molecular weight is 756 g/mol. The molecule has 13 heteroatoms. The molecule has 1 spiro atoms. The number of allylic oxidation sites excluding steroid dienone is 1. The van der Waals surface area contributed by atoms with Gasteiger partial charge in [-0.15, -0.1) is 0 Å². The average Bonchev–Trinajstić information content (AvgIpc) is 3.66. The molecule has 286 valence electrons. The molecule has 1 amide bonds. The van der Waals surface area contributed by atoms with Gasteiger partial charge in [0.05, 0.1) is 26.3 Å². The lowest BCUT2D eigenvalue weighted by Gasteiger charge is -2.56. The third kappa shape index (κ3) is 6.64. The maximum absolute atomic E-state index is 14.3. The Hall–Kier alpha value is -4.46. The smallest absolute Gasteiger partial charge is 0.297 e. The van der Waals surface area contributed by atoms with Gasteiger partial charge in [-0.1, -0.05) is 36.4 Å². The van der Waals surface area contributed by atoms with E-state index in [1.165, 1.54) is 35.7 Å². The number of likely N-dealkylation sites (tertiary alicyclic amines) is 1. The number of carbonyl (C=O) groups excluding carboxylic acids is 1. The van der Waals surface area contributed by atoms with Crippen LogP contribution in [0.1, 0.15) is 85.8 Å². The second-order valence-electron chi connectivity index (χ2n) is 15.9. The number of amides is 1. The first-order valence-electron chi connectivity index (χ1n) is 19.2. The lowest BCUT2D eigenvalue weighted by atomic mass is 9.59. The Kier molecular flexibility index (Phi) is 9.68. The molecule has 3 saturated heterocycles. The highest BCUT2D eigenvalue weighted by atomic mass is 32.2. The number of nitrogens with two attached hydrogens (primary N) is 1. The van der Waals surface area contributed by atoms with Gasteiger partial charge in [0.1, 0.15) is 6.61 Å². The molecule has 2 atom stereocenters. The topological polar surface area (TPSA) is 157 Å². The molecule has 12 nitrogen and oxygen atoms in total. The summed E-state index contributed by atoms with van der Waals surface area (Å²) in [5, 5.41) is 15.6. The molecular weight excluding hydrogens is 707 g/mol. The molecule has 4 heterocycles. The van der Waals surface area contributed by atoms with Crippen molar-refractivity contribution in [1.82, 2.24) is 4.90 Å². The van der Waals surface area contributed by atoms with Crippen LogP contribution in [0.25, 0.3) is 5.57 Å². The number of nitro benzene ring substituents is 1. The second-order valence-corrected chi connectivity index (χ2v) is 17.9. The van der Waals surface area contributed by atoms with Crippen LogP contribution in [-0.2, 0) is 14.6 Å². The number of carbonyl (C=O) groups is 1. The molecule has 3 aromatic rings. The molecule has 8 rings (SSSR count). The summed E-state index contributed by atoms with van der Waals surface area (Å²) in [4.78, 5) is 28.6. The minimum absolute atomic E-state index is 0.0864. The van der Waals surface area contributed by atoms with Crippen LogP contribution in [0.5, 0.6) is 5.75 Å². The van der Waals surface area contributed by atoms with E-state index in [0.717, 1.165) is 76.2 Å². The van der Waals surface area contributed by atoms with E-state index in [1.54, 1.807) is 6.07 Å². The lowest BCUT2D eigenvalue weighted by molar-refractivity contribution is -0.384. The molecule has 4 fully saturated rings. The number of ether oxygens (including phenoxy) is 2. The van der Waals surface area contributed by atoms with Gasteiger partial charge in [0, 0.05) is 56.2 Å². The zero-order valence-electron chi connectivity index (χ0n) is 30.8. The number of nitro groups is 1. The minimum atomic E-state index is -4.44. The number of nitrogens with one attached hydrogen (secondary N) is 1. The van der Waals surface area contributed by atoms with Gasteiger partial charge in [-0.25, -0.2) is 8.42 Å². The Labute approximate surface area is 316 Å². The van der Waals surface area contributed by atoms with Crippen LogP contribution in [0, 0.1) is 21.4 Å². The van der Waals surface area contributed by atoms with Crippen molar-refractivity contribution < 1.29 is 27.6 Å². The Balaban J connectivity index is 0.992. The second kappa shape index (κ2) is 14.3. The maximum atomic E-state index is 14.3. The number of nitrogens with zero attached hydrogens (tertiary/aromatic N) is 3. The van der Waals surface area contributed by atoms with Gasteiger partial charge < -0.3 is 25.4 Å². The van der Waals surface area contributed by atoms with E-state index < -0.39 is 26.4 Å². The number of anilines is 2. The van der Waals surface area contributed by atoms with Crippen molar-refractivity contribution in [3.63, 3.8) is 0 Å². The number of rotatable bonds is 9. The Bertz CT molecular complexity index is 2080. The standard InChI is InChI=1S/C41H49N5O7S/c1-26(2)31-6-3-4-7-32(31)35-8-5-15-45(35)29-23-41(24-29)13-16-44(17-14-41)28-9-10-33(40(42)47)38(20-28)54(50,51)30-21-36(46(48)49)39-37(22-30)53-25-34(43-39)27-11-18-52-19-12-27/h3-4,6-7,9-10,20-22,27,29,34-35,43H,1,5,8,11-19,23-25H2,2H3,(H2,42,47)/t34-,35+/m1/s1. The number of benzene rings is 3. The summed E-state index contributed by atoms with van der Waals surface area (Å²) in [6.07, 6.45) is 8.22. The summed E-state index contributed by atoms with van der Waals surface area (Å²) >= 11 is 0. The van der Waals surface area contributed by atoms with Crippen LogP contribution in [0.4, 0.5) is 17.1 Å². The molecule has 5 aliphatic rings. The van der Waals surface area contributed by atoms with Gasteiger partial charge in [0.15, 0.2) is 11.4 Å². The predicted octanol–water partition coefficient (Wildman–Crippen LogP) is 6.75. The van der Waals surface area contributed by atoms with E-state index in [1.807, 2.05) is 0 Å². The summed E-state index contributed by atoms with van der Waals surface area (Å²) in [5.74, 6) is -0.601. The van der Waals surface area contributed by atoms with Crippen molar-refractivity contribution in [3.8, 4) is 5.75 Å². The molecule has 54 heavy (non-hydrogen) atoms. The van der Waals surface area contributed by atoms with E-state index >= 15 is 0 Å². The van der Waals surface area contributed by atoms with Crippen molar-refractivity contribution in [2.24, 2.45) is 17.1 Å². The van der Waals surface area contributed by atoms with E-state index in [9.17, 15) is 23.3 Å². The fourth-order valence-corrected chi connectivity index (χ4v) is 11.2. The number of hydrogen-bond acceptors (Lipinski definition) is 10. The molecule has 1 saturated carbocycles. The zero-order chi connectivity index (χ0) is 37.8. The van der Waals surface area contributed by atoms with Crippen LogP contribution in [0.2, 0.25) is 0 Å². The number of hydrogen-bond donors (Lipinski definition) is 2. The van der Waals surface area contributed by atoms with Crippen LogP contribution >= 0.6 is 0 Å². The largest absolute Gasteiger partial charge is 0.489 e. The molecule has 1 aliphatic carbocycles. The van der Waals surface area contributed by atoms with Crippen LogP contribution < -0.4 is 20.7 Å². The van der Waals surface area contributed by atoms with Crippen molar-refractivity contribution >= 4 is 38.4 Å². The van der Waals surface area contributed by atoms with Crippen molar-refractivity contribution in [2.75, 3.05) is 49.7 Å². The molecule has 3 N–H and O–H groups in total. The van der Waals surface area contributed by atoms with Gasteiger partial charge in [-0.2, -0.15) is 0 Å². The fourth-order valence-electron chi connectivity index (χ4n) is 9.73. The minimum Gasteiger partial charge on any atom is -0.489 e. The zero-order valence-corrected chi connectivity index (χ0v) is 31.6. The highest BCUT2D eigenvalue weighted by Crippen LogP contribution is 2.54. The first kappa shape index (κ1) is 36.5. The number of fused-ring (bicyclic) bond motifs is 1. The van der Waals surface area contributed by atoms with Crippen LogP contribution in [0.15, 0.2) is 71.0 Å². The number of primary amides is 1. The van der Waals surface area contributed by atoms with Crippen LogP contribution in [-0.4, -0.2) is 75.7 Å². The third-order valence-electron chi connectivity index (χ3n) is 12.7. The molecular formula is C41H49N5O7S. The molecule has 0 bridgehead atoms. The van der Waals surface area contributed by atoms with Gasteiger partial charge in [0.25, 0.3) is 5.69 Å². The fraction of sp³-hybridized carbons (Fsp3) is 0.488. The van der Waals surface area contributed by atoms with E-state index in [-0.39, 0.29) is 50.8 Å². The van der Waals surface area contributed by atoms with E-state index in [0.29, 0.717) is 31.0 Å². The predicted molar refractivity (Wildman–Crippen MR) is 207 cm³/mol. The molecule has 0 radical (unpaired) electrons. The van der Waals surface area contributed by atoms with Gasteiger partial charge in [-0.3, -0.25) is 19.8 Å². The highest BCUT2D eigenvalue weighted by Gasteiger charge is 2.50. The Morgan fingerprint density at radius 3 is 2.46 bits per heavy atom. The highest BCUT2D eigenvalue weighted by molar-refractivity contribution is 7.91. The Morgan fingerprint density at radius 2 is 1.76 bits per heavy atom. The van der Waals surface area contributed by atoms with Gasteiger partial charge in [-0.05, 0) is 105 Å². The molecule has 3 aromatic carbocycles. The summed E-state index contributed by atoms with van der Waals surface area (Å²) in [7, 11) is -4.44. The van der Waals surface area contributed by atoms with E-state index in [4.69, 9.17) is 15.2 Å². The molecule has 4 aliphatic heterocycles.